The number of nitrogens with one attached hydrogen (secondary N) is 1. The Morgan fingerprint density at radius 1 is 1.50 bits per heavy atom. The van der Waals surface area contributed by atoms with Crippen LogP contribution in [0.1, 0.15) is 43.8 Å². The Balaban J connectivity index is 2.82. The summed E-state index contributed by atoms with van der Waals surface area (Å²) < 4.78 is 0. The van der Waals surface area contributed by atoms with E-state index in [1.807, 2.05) is 5.51 Å². The minimum Gasteiger partial charge on any atom is -0.309 e. The first-order chi connectivity index (χ1) is 6.70. The van der Waals surface area contributed by atoms with Crippen molar-refractivity contribution in [1.29, 1.82) is 0 Å². The van der Waals surface area contributed by atoms with Crippen molar-refractivity contribution >= 4 is 11.3 Å². The Kier molecular flexibility index (Phi) is 4.55. The molecule has 1 N–H and O–H groups in total. The zero-order valence-electron chi connectivity index (χ0n) is 9.50. The van der Waals surface area contributed by atoms with E-state index in [1.54, 1.807) is 11.3 Å². The summed E-state index contributed by atoms with van der Waals surface area (Å²) in [5, 5.41) is 3.55. The first kappa shape index (κ1) is 11.7. The van der Waals surface area contributed by atoms with E-state index < -0.39 is 0 Å². The molecule has 2 atom stereocenters. The molecule has 0 aromatic carbocycles. The predicted octanol–water partition coefficient (Wildman–Crippen LogP) is 3.15. The Hall–Kier alpha value is -0.410. The van der Waals surface area contributed by atoms with Gasteiger partial charge in [-0.1, -0.05) is 27.2 Å². The molecule has 0 saturated carbocycles. The highest BCUT2D eigenvalue weighted by molar-refractivity contribution is 7.09. The molecule has 14 heavy (non-hydrogen) atoms. The molecule has 2 nitrogen and oxygen atoms in total. The topological polar surface area (TPSA) is 24.9 Å². The van der Waals surface area contributed by atoms with Gasteiger partial charge in [-0.2, -0.15) is 0 Å². The second kappa shape index (κ2) is 5.47. The summed E-state index contributed by atoms with van der Waals surface area (Å²) in [7, 11) is 0. The van der Waals surface area contributed by atoms with Crippen molar-refractivity contribution in [2.75, 3.05) is 6.54 Å². The Morgan fingerprint density at radius 2 is 2.21 bits per heavy atom. The quantitative estimate of drug-likeness (QED) is 0.811. The van der Waals surface area contributed by atoms with E-state index in [0.717, 1.165) is 6.54 Å². The fraction of sp³-hybridized carbons (Fsp3) is 0.727. The van der Waals surface area contributed by atoms with Gasteiger partial charge in [0.05, 0.1) is 11.2 Å². The molecule has 1 aromatic rings. The predicted molar refractivity (Wildman–Crippen MR) is 62.7 cm³/mol. The van der Waals surface area contributed by atoms with E-state index in [2.05, 4.69) is 38.0 Å². The second-order valence-electron chi connectivity index (χ2n) is 3.72. The van der Waals surface area contributed by atoms with Gasteiger partial charge in [0.1, 0.15) is 0 Å². The minimum absolute atomic E-state index is 0.484. The van der Waals surface area contributed by atoms with Crippen LogP contribution in [0.2, 0.25) is 0 Å². The van der Waals surface area contributed by atoms with Crippen molar-refractivity contribution in [2.24, 2.45) is 5.92 Å². The van der Waals surface area contributed by atoms with Gasteiger partial charge in [-0.3, -0.25) is 0 Å². The largest absolute Gasteiger partial charge is 0.309 e. The third kappa shape index (κ3) is 2.55. The normalized spacial score (nSPS) is 15.4. The standard InChI is InChI=1S/C11H20N2S/c1-5-8(3)10(12-6-2)11-9(4)13-7-14-11/h7-8,10,12H,5-6H2,1-4H3. The third-order valence-electron chi connectivity index (χ3n) is 2.70. The maximum atomic E-state index is 4.31. The molecule has 1 rings (SSSR count). The van der Waals surface area contributed by atoms with Crippen molar-refractivity contribution in [3.05, 3.63) is 16.1 Å². The van der Waals surface area contributed by atoms with Gasteiger partial charge >= 0.3 is 0 Å². The monoisotopic (exact) mass is 212 g/mol. The zero-order chi connectivity index (χ0) is 10.6. The summed E-state index contributed by atoms with van der Waals surface area (Å²) in [5.41, 5.74) is 3.12. The summed E-state index contributed by atoms with van der Waals surface area (Å²) in [6.07, 6.45) is 1.20. The van der Waals surface area contributed by atoms with Gasteiger partial charge in [-0.05, 0) is 19.4 Å². The molecule has 3 heteroatoms. The SMILES string of the molecule is CCNC(c1scnc1C)C(C)CC. The van der Waals surface area contributed by atoms with Crippen LogP contribution in [0.5, 0.6) is 0 Å². The fourth-order valence-electron chi connectivity index (χ4n) is 1.62. The lowest BCUT2D eigenvalue weighted by Gasteiger charge is -2.23. The third-order valence-corrected chi connectivity index (χ3v) is 3.72. The summed E-state index contributed by atoms with van der Waals surface area (Å²) in [6.45, 7) is 9.81. The smallest absolute Gasteiger partial charge is 0.0798 e. The van der Waals surface area contributed by atoms with Crippen LogP contribution in [0, 0.1) is 12.8 Å². The van der Waals surface area contributed by atoms with Crippen molar-refractivity contribution in [3.8, 4) is 0 Å². The molecule has 0 aliphatic heterocycles. The molecule has 0 aliphatic carbocycles. The number of thiazole rings is 1. The minimum atomic E-state index is 0.484. The highest BCUT2D eigenvalue weighted by Gasteiger charge is 2.20. The van der Waals surface area contributed by atoms with E-state index in [0.29, 0.717) is 12.0 Å². The van der Waals surface area contributed by atoms with Crippen LogP contribution < -0.4 is 5.32 Å². The zero-order valence-corrected chi connectivity index (χ0v) is 10.3. The van der Waals surface area contributed by atoms with E-state index in [1.165, 1.54) is 17.0 Å². The maximum Gasteiger partial charge on any atom is 0.0798 e. The van der Waals surface area contributed by atoms with Crippen molar-refractivity contribution < 1.29 is 0 Å². The second-order valence-corrected chi connectivity index (χ2v) is 4.61. The van der Waals surface area contributed by atoms with Gasteiger partial charge in [0.2, 0.25) is 0 Å². The lowest BCUT2D eigenvalue weighted by atomic mass is 9.97. The molecule has 0 fully saturated rings. The van der Waals surface area contributed by atoms with E-state index >= 15 is 0 Å². The Morgan fingerprint density at radius 3 is 2.64 bits per heavy atom. The summed E-state index contributed by atoms with van der Waals surface area (Å²) >= 11 is 1.77. The maximum absolute atomic E-state index is 4.31. The highest BCUT2D eigenvalue weighted by Crippen LogP contribution is 2.29. The lowest BCUT2D eigenvalue weighted by molar-refractivity contribution is 0.387. The first-order valence-electron chi connectivity index (χ1n) is 5.34. The van der Waals surface area contributed by atoms with Crippen LogP contribution in [0.3, 0.4) is 0 Å². The lowest BCUT2D eigenvalue weighted by Crippen LogP contribution is -2.26. The molecule has 0 amide bonds. The Labute approximate surface area is 90.8 Å². The van der Waals surface area contributed by atoms with Crippen LogP contribution in [0.15, 0.2) is 5.51 Å². The number of hydrogen-bond donors (Lipinski definition) is 1. The molecular formula is C11H20N2S. The van der Waals surface area contributed by atoms with Gasteiger partial charge in [0, 0.05) is 10.9 Å². The number of aromatic nitrogens is 1. The summed E-state index contributed by atoms with van der Waals surface area (Å²) in [5.74, 6) is 0.675. The molecule has 1 heterocycles. The number of rotatable bonds is 5. The molecule has 0 radical (unpaired) electrons. The van der Waals surface area contributed by atoms with Gasteiger partial charge in [0.15, 0.2) is 0 Å². The van der Waals surface area contributed by atoms with Gasteiger partial charge < -0.3 is 5.32 Å². The van der Waals surface area contributed by atoms with Crippen LogP contribution in [0.25, 0.3) is 0 Å². The molecule has 0 bridgehead atoms. The average Bonchev–Trinajstić information content (AvgIpc) is 2.60. The van der Waals surface area contributed by atoms with Crippen molar-refractivity contribution in [1.82, 2.24) is 10.3 Å². The van der Waals surface area contributed by atoms with Gasteiger partial charge in [0.25, 0.3) is 0 Å². The van der Waals surface area contributed by atoms with E-state index in [-0.39, 0.29) is 0 Å². The number of nitrogens with zero attached hydrogens (tertiary/aromatic N) is 1. The average molecular weight is 212 g/mol. The van der Waals surface area contributed by atoms with Crippen molar-refractivity contribution in [3.63, 3.8) is 0 Å². The molecule has 2 unspecified atom stereocenters. The van der Waals surface area contributed by atoms with E-state index in [9.17, 15) is 0 Å². The van der Waals surface area contributed by atoms with Gasteiger partial charge in [-0.25, -0.2) is 4.98 Å². The molecule has 1 aromatic heterocycles. The summed E-state index contributed by atoms with van der Waals surface area (Å²) in [6, 6.07) is 0.484. The molecule has 80 valence electrons. The highest BCUT2D eigenvalue weighted by atomic mass is 32.1. The Bertz CT molecular complexity index is 270. The molecule has 0 aliphatic rings. The van der Waals surface area contributed by atoms with Crippen LogP contribution >= 0.6 is 11.3 Å². The van der Waals surface area contributed by atoms with E-state index in [4.69, 9.17) is 0 Å². The molecule has 0 saturated heterocycles. The fourth-order valence-corrected chi connectivity index (χ4v) is 2.63. The van der Waals surface area contributed by atoms with Gasteiger partial charge in [-0.15, -0.1) is 11.3 Å². The molecular weight excluding hydrogens is 192 g/mol. The number of aryl methyl sites for hydroxylation is 1. The van der Waals surface area contributed by atoms with Crippen molar-refractivity contribution in [2.45, 2.75) is 40.2 Å². The van der Waals surface area contributed by atoms with Crippen LogP contribution in [-0.4, -0.2) is 11.5 Å². The van der Waals surface area contributed by atoms with Crippen LogP contribution in [-0.2, 0) is 0 Å². The van der Waals surface area contributed by atoms with Crippen LogP contribution in [0.4, 0.5) is 0 Å². The molecule has 0 spiro atoms. The summed E-state index contributed by atoms with van der Waals surface area (Å²) in [4.78, 5) is 5.72. The number of hydrogen-bond acceptors (Lipinski definition) is 3. The first-order valence-corrected chi connectivity index (χ1v) is 6.22.